The van der Waals surface area contributed by atoms with Crippen LogP contribution in [0.2, 0.25) is 0 Å². The number of aliphatic imine (C=N–C) groups is 1. The molecule has 0 unspecified atom stereocenters. The number of rotatable bonds is 6. The average Bonchev–Trinajstić information content (AvgIpc) is 3.04. The van der Waals surface area contributed by atoms with E-state index in [0.717, 1.165) is 42.7 Å². The van der Waals surface area contributed by atoms with Crippen molar-refractivity contribution in [2.45, 2.75) is 24.7 Å². The summed E-state index contributed by atoms with van der Waals surface area (Å²) >= 11 is 0. The predicted octanol–water partition coefficient (Wildman–Crippen LogP) is 2.45. The fraction of sp³-hybridized carbons (Fsp3) is 0.421. The standard InChI is InChI=1S/C19H23N3O3/c1-20-18(21-9-6-15-3-2-10-23-15)22-12-19(7-8-19)14-4-5-16-17(11-14)25-13-24-16/h2-5,10-11H,6-9,12-13H2,1H3,(H2,20,21,22). The molecule has 0 saturated heterocycles. The van der Waals surface area contributed by atoms with Gasteiger partial charge < -0.3 is 24.5 Å². The first kappa shape index (κ1) is 15.9. The van der Waals surface area contributed by atoms with Gasteiger partial charge in [-0.2, -0.15) is 0 Å². The molecule has 2 aliphatic rings. The van der Waals surface area contributed by atoms with Gasteiger partial charge in [-0.3, -0.25) is 4.99 Å². The van der Waals surface area contributed by atoms with Crippen LogP contribution in [0.5, 0.6) is 11.5 Å². The van der Waals surface area contributed by atoms with Crippen molar-refractivity contribution in [1.82, 2.24) is 10.6 Å². The van der Waals surface area contributed by atoms with E-state index in [4.69, 9.17) is 13.9 Å². The van der Waals surface area contributed by atoms with E-state index in [-0.39, 0.29) is 5.41 Å². The van der Waals surface area contributed by atoms with Gasteiger partial charge in [-0.15, -0.1) is 0 Å². The highest BCUT2D eigenvalue weighted by atomic mass is 16.7. The van der Waals surface area contributed by atoms with Crippen LogP contribution in [0.1, 0.15) is 24.2 Å². The van der Waals surface area contributed by atoms with Crippen LogP contribution in [-0.4, -0.2) is 32.9 Å². The van der Waals surface area contributed by atoms with E-state index in [1.165, 1.54) is 18.4 Å². The Kier molecular flexibility index (Phi) is 4.26. The smallest absolute Gasteiger partial charge is 0.231 e. The van der Waals surface area contributed by atoms with Crippen molar-refractivity contribution in [3.05, 3.63) is 47.9 Å². The molecule has 0 radical (unpaired) electrons. The summed E-state index contributed by atoms with van der Waals surface area (Å²) in [6.07, 6.45) is 4.87. The van der Waals surface area contributed by atoms with Gasteiger partial charge in [0.15, 0.2) is 17.5 Å². The molecule has 1 aromatic heterocycles. The highest BCUT2D eigenvalue weighted by Crippen LogP contribution is 2.49. The summed E-state index contributed by atoms with van der Waals surface area (Å²) in [6, 6.07) is 10.2. The highest BCUT2D eigenvalue weighted by Gasteiger charge is 2.44. The molecule has 1 aromatic carbocycles. The molecule has 6 nitrogen and oxygen atoms in total. The van der Waals surface area contributed by atoms with Gasteiger partial charge >= 0.3 is 0 Å². The van der Waals surface area contributed by atoms with Crippen LogP contribution in [0, 0.1) is 0 Å². The Morgan fingerprint density at radius 2 is 2.04 bits per heavy atom. The zero-order valence-corrected chi connectivity index (χ0v) is 14.4. The zero-order valence-electron chi connectivity index (χ0n) is 14.4. The van der Waals surface area contributed by atoms with Gasteiger partial charge in [0.2, 0.25) is 6.79 Å². The van der Waals surface area contributed by atoms with Gasteiger partial charge in [-0.1, -0.05) is 6.07 Å². The van der Waals surface area contributed by atoms with Crippen LogP contribution < -0.4 is 20.1 Å². The summed E-state index contributed by atoms with van der Waals surface area (Å²) in [5.74, 6) is 3.48. The van der Waals surface area contributed by atoms with Crippen molar-refractivity contribution >= 4 is 5.96 Å². The number of fused-ring (bicyclic) bond motifs is 1. The number of benzene rings is 1. The average molecular weight is 341 g/mol. The number of nitrogens with one attached hydrogen (secondary N) is 2. The van der Waals surface area contributed by atoms with Crippen LogP contribution in [0.4, 0.5) is 0 Å². The predicted molar refractivity (Wildman–Crippen MR) is 95.3 cm³/mol. The maximum absolute atomic E-state index is 5.51. The van der Waals surface area contributed by atoms with E-state index in [9.17, 15) is 0 Å². The van der Waals surface area contributed by atoms with Gasteiger partial charge in [0.1, 0.15) is 5.76 Å². The summed E-state index contributed by atoms with van der Waals surface area (Å²) in [5, 5.41) is 6.79. The number of ether oxygens (including phenoxy) is 2. The minimum atomic E-state index is 0.166. The van der Waals surface area contributed by atoms with Crippen molar-refractivity contribution in [1.29, 1.82) is 0 Å². The van der Waals surface area contributed by atoms with Gasteiger partial charge in [0.05, 0.1) is 6.26 Å². The van der Waals surface area contributed by atoms with Crippen LogP contribution in [0.25, 0.3) is 0 Å². The zero-order chi connectivity index (χ0) is 17.1. The molecular formula is C19H23N3O3. The van der Waals surface area contributed by atoms with E-state index < -0.39 is 0 Å². The molecule has 25 heavy (non-hydrogen) atoms. The lowest BCUT2D eigenvalue weighted by molar-refractivity contribution is 0.174. The summed E-state index contributed by atoms with van der Waals surface area (Å²) in [5.41, 5.74) is 1.47. The van der Waals surface area contributed by atoms with Crippen LogP contribution >= 0.6 is 0 Å². The molecule has 0 spiro atoms. The Bertz CT molecular complexity index is 751. The lowest BCUT2D eigenvalue weighted by Gasteiger charge is -2.19. The molecule has 1 aliphatic carbocycles. The maximum Gasteiger partial charge on any atom is 0.231 e. The number of nitrogens with zero attached hydrogens (tertiary/aromatic N) is 1. The molecule has 0 amide bonds. The summed E-state index contributed by atoms with van der Waals surface area (Å²) in [4.78, 5) is 4.31. The molecule has 1 aliphatic heterocycles. The first-order chi connectivity index (χ1) is 12.3. The van der Waals surface area contributed by atoms with Gasteiger partial charge in [-0.05, 0) is 42.7 Å². The van der Waals surface area contributed by atoms with E-state index >= 15 is 0 Å². The minimum absolute atomic E-state index is 0.166. The van der Waals surface area contributed by atoms with Crippen molar-refractivity contribution in [3.63, 3.8) is 0 Å². The summed E-state index contributed by atoms with van der Waals surface area (Å²) in [6.45, 7) is 1.95. The molecular weight excluding hydrogens is 318 g/mol. The third-order valence-corrected chi connectivity index (χ3v) is 4.90. The maximum atomic E-state index is 5.51. The second-order valence-corrected chi connectivity index (χ2v) is 6.53. The number of hydrogen-bond acceptors (Lipinski definition) is 4. The fourth-order valence-electron chi connectivity index (χ4n) is 3.18. The minimum Gasteiger partial charge on any atom is -0.469 e. The molecule has 2 N–H and O–H groups in total. The molecule has 2 heterocycles. The summed E-state index contributed by atoms with van der Waals surface area (Å²) < 4.78 is 16.3. The lowest BCUT2D eigenvalue weighted by Crippen LogP contribution is -2.41. The van der Waals surface area contributed by atoms with E-state index in [1.54, 1.807) is 13.3 Å². The SMILES string of the molecule is CN=C(NCCc1ccco1)NCC1(c2ccc3c(c2)OCO3)CC1. The Hall–Kier alpha value is -2.63. The van der Waals surface area contributed by atoms with E-state index in [2.05, 4.69) is 27.8 Å². The van der Waals surface area contributed by atoms with Crippen molar-refractivity contribution in [3.8, 4) is 11.5 Å². The molecule has 6 heteroatoms. The molecule has 4 rings (SSSR count). The number of furan rings is 1. The normalized spacial score (nSPS) is 17.4. The van der Waals surface area contributed by atoms with Crippen LogP contribution in [0.3, 0.4) is 0 Å². The largest absolute Gasteiger partial charge is 0.469 e. The van der Waals surface area contributed by atoms with E-state index in [1.807, 2.05) is 18.2 Å². The van der Waals surface area contributed by atoms with Crippen molar-refractivity contribution < 1.29 is 13.9 Å². The molecule has 1 fully saturated rings. The molecule has 132 valence electrons. The highest BCUT2D eigenvalue weighted by molar-refractivity contribution is 5.79. The van der Waals surface area contributed by atoms with Crippen LogP contribution in [-0.2, 0) is 11.8 Å². The molecule has 1 saturated carbocycles. The third-order valence-electron chi connectivity index (χ3n) is 4.90. The van der Waals surface area contributed by atoms with Gasteiger partial charge in [0.25, 0.3) is 0 Å². The first-order valence-electron chi connectivity index (χ1n) is 8.66. The topological polar surface area (TPSA) is 68.0 Å². The second kappa shape index (κ2) is 6.70. The number of guanidine groups is 1. The van der Waals surface area contributed by atoms with Crippen molar-refractivity contribution in [2.75, 3.05) is 26.9 Å². The fourth-order valence-corrected chi connectivity index (χ4v) is 3.18. The quantitative estimate of drug-likeness (QED) is 0.624. The Morgan fingerprint density at radius 3 is 2.80 bits per heavy atom. The summed E-state index contributed by atoms with van der Waals surface area (Å²) in [7, 11) is 1.79. The lowest BCUT2D eigenvalue weighted by atomic mass is 9.95. The van der Waals surface area contributed by atoms with E-state index in [0.29, 0.717) is 6.79 Å². The monoisotopic (exact) mass is 341 g/mol. The third kappa shape index (κ3) is 3.43. The molecule has 2 aromatic rings. The number of hydrogen-bond donors (Lipinski definition) is 2. The van der Waals surface area contributed by atoms with Gasteiger partial charge in [0, 0.05) is 32.0 Å². The molecule has 0 bridgehead atoms. The van der Waals surface area contributed by atoms with Crippen molar-refractivity contribution in [2.24, 2.45) is 4.99 Å². The first-order valence-corrected chi connectivity index (χ1v) is 8.66. The Labute approximate surface area is 147 Å². The Balaban J connectivity index is 1.32. The van der Waals surface area contributed by atoms with Crippen LogP contribution in [0.15, 0.2) is 46.0 Å². The second-order valence-electron chi connectivity index (χ2n) is 6.53. The Morgan fingerprint density at radius 1 is 1.16 bits per heavy atom. The molecule has 0 atom stereocenters. The van der Waals surface area contributed by atoms with Gasteiger partial charge in [-0.25, -0.2) is 0 Å².